The van der Waals surface area contributed by atoms with Crippen molar-refractivity contribution in [2.45, 2.75) is 64.8 Å². The monoisotopic (exact) mass is 342 g/mol. The first-order chi connectivity index (χ1) is 10.9. The highest BCUT2D eigenvalue weighted by atomic mass is 16.6. The van der Waals surface area contributed by atoms with Crippen LogP contribution in [0.15, 0.2) is 5.11 Å². The zero-order valence-electron chi connectivity index (χ0n) is 15.0. The molecule has 0 unspecified atom stereocenters. The number of nitrogens with zero attached hydrogens (tertiary/aromatic N) is 3. The lowest BCUT2D eigenvalue weighted by Gasteiger charge is -2.29. The number of carbonyl (C=O) groups excluding carboxylic acids is 2. The first kappa shape index (κ1) is 20.1. The lowest BCUT2D eigenvalue weighted by molar-refractivity contribution is -0.159. The Morgan fingerprint density at radius 1 is 1.17 bits per heavy atom. The number of amides is 1. The molecule has 24 heavy (non-hydrogen) atoms. The maximum atomic E-state index is 12.5. The van der Waals surface area contributed by atoms with E-state index >= 15 is 0 Å². The Morgan fingerprint density at radius 2 is 1.75 bits per heavy atom. The largest absolute Gasteiger partial charge is 0.458 e. The molecule has 0 aromatic carbocycles. The molecule has 9 heteroatoms. The number of hydrogen-bond acceptors (Lipinski definition) is 6. The van der Waals surface area contributed by atoms with Gasteiger partial charge in [0.15, 0.2) is 0 Å². The molecule has 0 aromatic heterocycles. The normalized spacial score (nSPS) is 22.2. The fourth-order valence-corrected chi connectivity index (χ4v) is 2.20. The molecular weight excluding hydrogens is 316 g/mol. The van der Waals surface area contributed by atoms with Crippen LogP contribution in [-0.4, -0.2) is 48.6 Å². The Kier molecular flexibility index (Phi) is 6.45. The zero-order chi connectivity index (χ0) is 18.5. The molecule has 1 aliphatic rings. The van der Waals surface area contributed by atoms with Gasteiger partial charge in [-0.2, -0.15) is 0 Å². The van der Waals surface area contributed by atoms with Crippen LogP contribution in [-0.2, 0) is 19.0 Å². The van der Waals surface area contributed by atoms with E-state index in [2.05, 4.69) is 15.3 Å². The molecule has 1 rings (SSSR count). The summed E-state index contributed by atoms with van der Waals surface area (Å²) in [5, 5.41) is 6.17. The van der Waals surface area contributed by atoms with E-state index in [0.717, 1.165) is 0 Å². The summed E-state index contributed by atoms with van der Waals surface area (Å²) in [5.41, 5.74) is 7.23. The van der Waals surface area contributed by atoms with E-state index in [1.54, 1.807) is 41.5 Å². The summed E-state index contributed by atoms with van der Waals surface area (Å²) in [7, 11) is 0. The minimum absolute atomic E-state index is 0.170. The van der Waals surface area contributed by atoms with Crippen molar-refractivity contribution in [3.8, 4) is 0 Å². The lowest BCUT2D eigenvalue weighted by Crippen LogP contribution is -2.52. The maximum Gasteiger partial charge on any atom is 0.408 e. The Hall–Kier alpha value is -1.99. The fourth-order valence-electron chi connectivity index (χ4n) is 2.20. The first-order valence-corrected chi connectivity index (χ1v) is 7.77. The SMILES string of the molecule is CC(C)(C)OC(=O)N[C@@H](C(=O)OC(C)(C)C)[C@H]1COC[C@H]1N=[N+]=[N-]. The Labute approximate surface area is 141 Å². The predicted molar refractivity (Wildman–Crippen MR) is 86.2 cm³/mol. The third-order valence-electron chi connectivity index (χ3n) is 3.05. The fraction of sp³-hybridized carbons (Fsp3) is 0.867. The summed E-state index contributed by atoms with van der Waals surface area (Å²) in [6, 6.07) is -1.60. The van der Waals surface area contributed by atoms with Crippen LogP contribution in [0.2, 0.25) is 0 Å². The van der Waals surface area contributed by atoms with E-state index in [4.69, 9.17) is 19.7 Å². The Balaban J connectivity index is 2.96. The molecule has 3 atom stereocenters. The van der Waals surface area contributed by atoms with Crippen LogP contribution in [0.5, 0.6) is 0 Å². The molecule has 1 N–H and O–H groups in total. The van der Waals surface area contributed by atoms with Crippen LogP contribution < -0.4 is 5.32 Å². The number of nitrogens with one attached hydrogen (secondary N) is 1. The minimum atomic E-state index is -1.03. The highest BCUT2D eigenvalue weighted by molar-refractivity contribution is 5.82. The van der Waals surface area contributed by atoms with Crippen LogP contribution in [0.3, 0.4) is 0 Å². The summed E-state index contributed by atoms with van der Waals surface area (Å²) in [6.07, 6.45) is -0.745. The van der Waals surface area contributed by atoms with Crippen molar-refractivity contribution in [3.63, 3.8) is 0 Å². The number of ether oxygens (including phenoxy) is 3. The smallest absolute Gasteiger partial charge is 0.408 e. The Bertz CT molecular complexity index is 517. The maximum absolute atomic E-state index is 12.5. The first-order valence-electron chi connectivity index (χ1n) is 7.77. The third-order valence-corrected chi connectivity index (χ3v) is 3.05. The molecule has 0 aliphatic carbocycles. The molecule has 0 spiro atoms. The second-order valence-electron chi connectivity index (χ2n) is 7.63. The molecule has 1 amide bonds. The molecule has 0 aromatic rings. The van der Waals surface area contributed by atoms with Crippen molar-refractivity contribution >= 4 is 12.1 Å². The van der Waals surface area contributed by atoms with Gasteiger partial charge < -0.3 is 19.5 Å². The van der Waals surface area contributed by atoms with Crippen LogP contribution in [0.4, 0.5) is 4.79 Å². The van der Waals surface area contributed by atoms with Crippen molar-refractivity contribution in [1.29, 1.82) is 0 Å². The number of azide groups is 1. The molecular formula is C15H26N4O5. The van der Waals surface area contributed by atoms with Gasteiger partial charge in [-0.3, -0.25) is 0 Å². The summed E-state index contributed by atoms with van der Waals surface area (Å²) in [5.74, 6) is -1.15. The van der Waals surface area contributed by atoms with Gasteiger partial charge in [0.05, 0.1) is 19.3 Å². The summed E-state index contributed by atoms with van der Waals surface area (Å²) in [4.78, 5) is 27.4. The summed E-state index contributed by atoms with van der Waals surface area (Å²) < 4.78 is 15.9. The quantitative estimate of drug-likeness (QED) is 0.364. The molecule has 9 nitrogen and oxygen atoms in total. The number of hydrogen-bond donors (Lipinski definition) is 1. The van der Waals surface area contributed by atoms with Crippen molar-refractivity contribution in [3.05, 3.63) is 10.4 Å². The van der Waals surface area contributed by atoms with Crippen LogP contribution >= 0.6 is 0 Å². The summed E-state index contributed by atoms with van der Waals surface area (Å²) in [6.45, 7) is 10.7. The van der Waals surface area contributed by atoms with E-state index in [9.17, 15) is 9.59 Å². The highest BCUT2D eigenvalue weighted by Gasteiger charge is 2.41. The summed E-state index contributed by atoms with van der Waals surface area (Å²) >= 11 is 0. The molecule has 0 bridgehead atoms. The van der Waals surface area contributed by atoms with Crippen LogP contribution in [0, 0.1) is 5.92 Å². The van der Waals surface area contributed by atoms with Gasteiger partial charge in [-0.25, -0.2) is 9.59 Å². The van der Waals surface area contributed by atoms with E-state index in [1.165, 1.54) is 0 Å². The van der Waals surface area contributed by atoms with E-state index in [0.29, 0.717) is 0 Å². The second kappa shape index (κ2) is 7.72. The molecule has 1 saturated heterocycles. The lowest BCUT2D eigenvalue weighted by atomic mass is 9.95. The van der Waals surface area contributed by atoms with Crippen LogP contribution in [0.1, 0.15) is 41.5 Å². The highest BCUT2D eigenvalue weighted by Crippen LogP contribution is 2.24. The van der Waals surface area contributed by atoms with Gasteiger partial charge >= 0.3 is 12.1 Å². The van der Waals surface area contributed by atoms with E-state index < -0.39 is 41.3 Å². The number of alkyl carbamates (subject to hydrolysis) is 1. The Morgan fingerprint density at radius 3 is 2.25 bits per heavy atom. The topological polar surface area (TPSA) is 123 Å². The van der Waals surface area contributed by atoms with Gasteiger partial charge in [0.2, 0.25) is 0 Å². The number of rotatable bonds is 4. The standard InChI is InChI=1S/C15H26N4O5/c1-14(2,3)23-12(20)11(17-13(21)24-15(4,5)6)9-7-22-8-10(9)18-19-16/h9-11H,7-8H2,1-6H3,(H,17,21)/t9-,10+,11+/m0/s1. The minimum Gasteiger partial charge on any atom is -0.458 e. The zero-order valence-corrected chi connectivity index (χ0v) is 15.0. The van der Waals surface area contributed by atoms with Gasteiger partial charge in [0, 0.05) is 10.8 Å². The van der Waals surface area contributed by atoms with Gasteiger partial charge in [-0.1, -0.05) is 5.11 Å². The van der Waals surface area contributed by atoms with Gasteiger partial charge in [0.25, 0.3) is 0 Å². The van der Waals surface area contributed by atoms with Crippen LogP contribution in [0.25, 0.3) is 10.4 Å². The number of esters is 1. The van der Waals surface area contributed by atoms with Crippen molar-refractivity contribution in [2.75, 3.05) is 13.2 Å². The molecule has 1 fully saturated rings. The molecule has 1 heterocycles. The second-order valence-corrected chi connectivity index (χ2v) is 7.63. The van der Waals surface area contributed by atoms with Gasteiger partial charge in [0.1, 0.15) is 17.2 Å². The number of carbonyl (C=O) groups is 2. The third kappa shape index (κ3) is 6.64. The van der Waals surface area contributed by atoms with Crippen molar-refractivity contribution in [2.24, 2.45) is 11.0 Å². The molecule has 1 aliphatic heterocycles. The molecule has 0 saturated carbocycles. The molecule has 0 radical (unpaired) electrons. The average Bonchev–Trinajstić information content (AvgIpc) is 2.80. The van der Waals surface area contributed by atoms with Crippen molar-refractivity contribution in [1.82, 2.24) is 5.32 Å². The predicted octanol–water partition coefficient (Wildman–Crippen LogP) is 2.55. The van der Waals surface area contributed by atoms with Gasteiger partial charge in [-0.05, 0) is 47.1 Å². The van der Waals surface area contributed by atoms with Crippen molar-refractivity contribution < 1.29 is 23.8 Å². The van der Waals surface area contributed by atoms with Gasteiger partial charge in [-0.15, -0.1) is 0 Å². The average molecular weight is 342 g/mol. The van der Waals surface area contributed by atoms with E-state index in [1.807, 2.05) is 0 Å². The van der Waals surface area contributed by atoms with E-state index in [-0.39, 0.29) is 13.2 Å². The molecule has 136 valence electrons.